The zero-order valence-electron chi connectivity index (χ0n) is 17.4. The minimum Gasteiger partial charge on any atom is -0.450 e. The number of benzene rings is 1. The fourth-order valence-electron chi connectivity index (χ4n) is 4.67. The molecule has 2 aliphatic rings. The van der Waals surface area contributed by atoms with Crippen molar-refractivity contribution in [2.45, 2.75) is 39.7 Å². The van der Waals surface area contributed by atoms with E-state index >= 15 is 0 Å². The Bertz CT molecular complexity index is 1080. The van der Waals surface area contributed by atoms with E-state index in [0.717, 1.165) is 47.9 Å². The van der Waals surface area contributed by atoms with Gasteiger partial charge in [0.05, 0.1) is 22.8 Å². The summed E-state index contributed by atoms with van der Waals surface area (Å²) in [6.07, 6.45) is 4.07. The lowest BCUT2D eigenvalue weighted by Gasteiger charge is -2.22. The summed E-state index contributed by atoms with van der Waals surface area (Å²) in [5.74, 6) is -1.06. The van der Waals surface area contributed by atoms with E-state index in [9.17, 15) is 14.0 Å². The number of pyridine rings is 1. The number of aromatic nitrogens is 1. The second-order valence-corrected chi connectivity index (χ2v) is 8.27. The third-order valence-corrected chi connectivity index (χ3v) is 6.39. The van der Waals surface area contributed by atoms with Gasteiger partial charge in [0.1, 0.15) is 18.7 Å². The average Bonchev–Trinajstić information content (AvgIpc) is 3.02. The van der Waals surface area contributed by atoms with Crippen molar-refractivity contribution in [3.8, 4) is 0 Å². The van der Waals surface area contributed by atoms with Crippen molar-refractivity contribution in [1.29, 1.82) is 0 Å². The van der Waals surface area contributed by atoms with E-state index in [1.807, 2.05) is 27.0 Å². The first-order valence-corrected chi connectivity index (χ1v) is 10.2. The molecule has 1 aliphatic carbocycles. The van der Waals surface area contributed by atoms with Crippen LogP contribution < -0.4 is 0 Å². The maximum absolute atomic E-state index is 14.5. The number of allylic oxidation sites excluding steroid dienone is 1. The first-order chi connectivity index (χ1) is 14.3. The second kappa shape index (κ2) is 7.70. The quantitative estimate of drug-likeness (QED) is 0.588. The molecule has 4 rings (SSSR count). The number of hydrogen-bond donors (Lipinski definition) is 1. The van der Waals surface area contributed by atoms with Crippen LogP contribution in [0.15, 0.2) is 12.1 Å². The smallest absolute Gasteiger partial charge is 0.450 e. The van der Waals surface area contributed by atoms with Crippen molar-refractivity contribution in [3.05, 3.63) is 45.9 Å². The van der Waals surface area contributed by atoms with Gasteiger partial charge in [0.2, 0.25) is 0 Å². The Kier molecular flexibility index (Phi) is 5.22. The van der Waals surface area contributed by atoms with Crippen LogP contribution in [0.25, 0.3) is 16.6 Å². The van der Waals surface area contributed by atoms with Gasteiger partial charge in [-0.1, -0.05) is 13.0 Å². The van der Waals surface area contributed by atoms with Crippen LogP contribution >= 0.6 is 0 Å². The van der Waals surface area contributed by atoms with Gasteiger partial charge in [-0.3, -0.25) is 0 Å². The van der Waals surface area contributed by atoms with Crippen molar-refractivity contribution in [2.75, 3.05) is 13.7 Å². The van der Waals surface area contributed by atoms with Gasteiger partial charge < -0.3 is 19.5 Å². The van der Waals surface area contributed by atoms with Crippen molar-refractivity contribution in [2.24, 2.45) is 11.8 Å². The van der Waals surface area contributed by atoms with Crippen LogP contribution in [-0.2, 0) is 28.9 Å². The molecule has 1 aliphatic heterocycles. The maximum atomic E-state index is 14.5. The SMILES string of the molecule is Cc1c(F)cc2nc3c(c4c2c1CCC4)CN(C)/C3=C\C(C)C(C=O)COC(=O)O. The highest BCUT2D eigenvalue weighted by molar-refractivity contribution is 5.91. The molecule has 1 aromatic carbocycles. The molecule has 2 heterocycles. The molecule has 6 nitrogen and oxygen atoms in total. The van der Waals surface area contributed by atoms with Crippen molar-refractivity contribution >= 4 is 29.0 Å². The molecule has 0 bridgehead atoms. The lowest BCUT2D eigenvalue weighted by molar-refractivity contribution is -0.113. The predicted octanol–water partition coefficient (Wildman–Crippen LogP) is 4.10. The molecule has 30 heavy (non-hydrogen) atoms. The van der Waals surface area contributed by atoms with Crippen molar-refractivity contribution < 1.29 is 23.8 Å². The van der Waals surface area contributed by atoms with Crippen LogP contribution in [0.3, 0.4) is 0 Å². The Morgan fingerprint density at radius 3 is 2.80 bits per heavy atom. The number of rotatable bonds is 5. The molecule has 0 radical (unpaired) electrons. The molecule has 0 spiro atoms. The van der Waals surface area contributed by atoms with Gasteiger partial charge in [0.25, 0.3) is 0 Å². The topological polar surface area (TPSA) is 79.7 Å². The highest BCUT2D eigenvalue weighted by Crippen LogP contribution is 2.41. The van der Waals surface area contributed by atoms with Gasteiger partial charge in [0, 0.05) is 30.6 Å². The lowest BCUT2D eigenvalue weighted by atomic mass is 9.85. The Morgan fingerprint density at radius 2 is 2.10 bits per heavy atom. The van der Waals surface area contributed by atoms with Crippen LogP contribution in [0, 0.1) is 24.6 Å². The van der Waals surface area contributed by atoms with E-state index in [0.29, 0.717) is 17.6 Å². The summed E-state index contributed by atoms with van der Waals surface area (Å²) in [5.41, 5.74) is 6.59. The Hall–Kier alpha value is -2.96. The van der Waals surface area contributed by atoms with Gasteiger partial charge in [0.15, 0.2) is 0 Å². The zero-order chi connectivity index (χ0) is 21.6. The first kappa shape index (κ1) is 20.3. The highest BCUT2D eigenvalue weighted by atomic mass is 19.1. The van der Waals surface area contributed by atoms with E-state index in [4.69, 9.17) is 10.1 Å². The number of nitrogens with zero attached hydrogens (tertiary/aromatic N) is 2. The molecule has 1 N–H and O–H groups in total. The zero-order valence-corrected chi connectivity index (χ0v) is 17.4. The Morgan fingerprint density at radius 1 is 1.37 bits per heavy atom. The predicted molar refractivity (Wildman–Crippen MR) is 111 cm³/mol. The average molecular weight is 412 g/mol. The van der Waals surface area contributed by atoms with E-state index < -0.39 is 12.1 Å². The molecule has 2 aromatic rings. The molecule has 0 saturated carbocycles. The van der Waals surface area contributed by atoms with Gasteiger partial charge in [-0.15, -0.1) is 0 Å². The summed E-state index contributed by atoms with van der Waals surface area (Å²) >= 11 is 0. The molecule has 2 atom stereocenters. The van der Waals surface area contributed by atoms with Crippen molar-refractivity contribution in [1.82, 2.24) is 9.88 Å². The standard InChI is InChI=1S/C23H25FN2O4/c1-12(14(10-27)11-30-23(28)29)7-20-22-17(9-26(20)3)16-6-4-5-15-13(2)18(24)8-19(25-22)21(15)16/h7-8,10,12,14H,4-6,9,11H2,1-3H3,(H,28,29)/b20-7-. The van der Waals surface area contributed by atoms with Gasteiger partial charge >= 0.3 is 6.16 Å². The number of carboxylic acid groups (broad SMARTS) is 1. The summed E-state index contributed by atoms with van der Waals surface area (Å²) in [6, 6.07) is 1.53. The molecule has 0 saturated heterocycles. The molecule has 7 heteroatoms. The summed E-state index contributed by atoms with van der Waals surface area (Å²) in [7, 11) is 1.97. The minimum atomic E-state index is -1.40. The third kappa shape index (κ3) is 3.32. The summed E-state index contributed by atoms with van der Waals surface area (Å²) in [4.78, 5) is 29.1. The second-order valence-electron chi connectivity index (χ2n) is 8.27. The van der Waals surface area contributed by atoms with E-state index in [1.165, 1.54) is 17.2 Å². The molecule has 0 amide bonds. The van der Waals surface area contributed by atoms with Crippen molar-refractivity contribution in [3.63, 3.8) is 0 Å². The summed E-state index contributed by atoms with van der Waals surface area (Å²) in [6.45, 7) is 4.21. The molecule has 0 fully saturated rings. The molecular formula is C23H25FN2O4. The van der Waals surface area contributed by atoms with Gasteiger partial charge in [-0.05, 0) is 48.8 Å². The third-order valence-electron chi connectivity index (χ3n) is 6.39. The Labute approximate surface area is 174 Å². The van der Waals surface area contributed by atoms with E-state index in [-0.39, 0.29) is 18.3 Å². The number of hydrogen-bond acceptors (Lipinski definition) is 5. The maximum Gasteiger partial charge on any atom is 0.505 e. The monoisotopic (exact) mass is 412 g/mol. The summed E-state index contributed by atoms with van der Waals surface area (Å²) < 4.78 is 19.1. The number of fused-ring (bicyclic) bond motifs is 2. The fraction of sp³-hybridized carbons (Fsp3) is 0.435. The van der Waals surface area contributed by atoms with Crippen LogP contribution in [0.5, 0.6) is 0 Å². The molecule has 1 aromatic heterocycles. The summed E-state index contributed by atoms with van der Waals surface area (Å²) in [5, 5.41) is 9.82. The lowest BCUT2D eigenvalue weighted by Crippen LogP contribution is -2.21. The number of carbonyl (C=O) groups excluding carboxylic acids is 1. The fourth-order valence-corrected chi connectivity index (χ4v) is 4.67. The molecule has 158 valence electrons. The first-order valence-electron chi connectivity index (χ1n) is 10.2. The number of carbonyl (C=O) groups is 2. The van der Waals surface area contributed by atoms with Crippen LogP contribution in [0.4, 0.5) is 9.18 Å². The number of halogens is 1. The van der Waals surface area contributed by atoms with Gasteiger partial charge in [-0.25, -0.2) is 14.2 Å². The van der Waals surface area contributed by atoms with E-state index in [2.05, 4.69) is 9.64 Å². The molecular weight excluding hydrogens is 387 g/mol. The number of aryl methyl sites for hydroxylation is 2. The minimum absolute atomic E-state index is 0.190. The van der Waals surface area contributed by atoms with Crippen LogP contribution in [0.1, 0.15) is 41.3 Å². The van der Waals surface area contributed by atoms with Crippen LogP contribution in [0.2, 0.25) is 0 Å². The normalized spacial score (nSPS) is 18.4. The van der Waals surface area contributed by atoms with Gasteiger partial charge in [-0.2, -0.15) is 0 Å². The Balaban J connectivity index is 1.80. The largest absolute Gasteiger partial charge is 0.505 e. The number of aldehydes is 1. The number of ether oxygens (including phenoxy) is 1. The molecule has 2 unspecified atom stereocenters. The van der Waals surface area contributed by atoms with E-state index in [1.54, 1.807) is 0 Å². The highest BCUT2D eigenvalue weighted by Gasteiger charge is 2.31. The van der Waals surface area contributed by atoms with Crippen LogP contribution in [-0.4, -0.2) is 41.1 Å².